The molecule has 2 fully saturated rings. The average molecular weight is 571 g/mol. The molecular formula is C35H34N6O2. The van der Waals surface area contributed by atoms with Crippen molar-refractivity contribution in [2.45, 2.75) is 31.5 Å². The summed E-state index contributed by atoms with van der Waals surface area (Å²) in [7, 11) is 1.86. The number of aryl methyl sites for hydroxylation is 1. The van der Waals surface area contributed by atoms with Crippen LogP contribution in [-0.2, 0) is 24.9 Å². The Morgan fingerprint density at radius 3 is 2.47 bits per heavy atom. The SMILES string of the molecule is Cn1nnc2cc(CN3C(=O)N(CC=Cc4ccccc4)C(=O)C34CCN(Cc3cccc5ccccc35)CC4)ccc21. The molecule has 1 aromatic heterocycles. The molecule has 1 spiro atoms. The van der Waals surface area contributed by atoms with E-state index in [1.807, 2.05) is 72.6 Å². The number of carbonyl (C=O) groups is 2. The van der Waals surface area contributed by atoms with Crippen molar-refractivity contribution in [2.75, 3.05) is 19.6 Å². The van der Waals surface area contributed by atoms with E-state index in [4.69, 9.17) is 0 Å². The van der Waals surface area contributed by atoms with Crippen molar-refractivity contribution < 1.29 is 9.59 Å². The molecule has 8 nitrogen and oxygen atoms in total. The molecule has 0 N–H and O–H groups in total. The number of aromatic nitrogens is 3. The van der Waals surface area contributed by atoms with Gasteiger partial charge in [-0.1, -0.05) is 96.2 Å². The van der Waals surface area contributed by atoms with Gasteiger partial charge in [-0.25, -0.2) is 9.48 Å². The van der Waals surface area contributed by atoms with E-state index in [0.29, 0.717) is 19.4 Å². The number of benzene rings is 4. The minimum atomic E-state index is -0.871. The molecule has 0 bridgehead atoms. The first-order valence-electron chi connectivity index (χ1n) is 14.8. The van der Waals surface area contributed by atoms with E-state index in [2.05, 4.69) is 57.7 Å². The fourth-order valence-corrected chi connectivity index (χ4v) is 6.62. The summed E-state index contributed by atoms with van der Waals surface area (Å²) >= 11 is 0. The lowest BCUT2D eigenvalue weighted by atomic mass is 9.85. The monoisotopic (exact) mass is 570 g/mol. The summed E-state index contributed by atoms with van der Waals surface area (Å²) in [6, 6.07) is 30.6. The number of urea groups is 1. The second kappa shape index (κ2) is 11.1. The molecule has 43 heavy (non-hydrogen) atoms. The number of hydrogen-bond acceptors (Lipinski definition) is 5. The summed E-state index contributed by atoms with van der Waals surface area (Å²) < 4.78 is 1.73. The van der Waals surface area contributed by atoms with Gasteiger partial charge in [0.2, 0.25) is 0 Å². The molecule has 7 rings (SSSR count). The number of imide groups is 1. The summed E-state index contributed by atoms with van der Waals surface area (Å²) in [5, 5.41) is 10.9. The standard InChI is InChI=1S/C35H34N6O2/c1-38-32-17-16-27(23-31(32)36-37-38)24-41-34(43)40(20-8-11-26-9-3-2-4-10-26)33(42)35(41)18-21-39(22-19-35)25-29-14-7-13-28-12-5-6-15-30(28)29/h2-17,23H,18-22,24-25H2,1H3. The van der Waals surface area contributed by atoms with Gasteiger partial charge in [0.05, 0.1) is 5.52 Å². The second-order valence-corrected chi connectivity index (χ2v) is 11.6. The molecule has 216 valence electrons. The van der Waals surface area contributed by atoms with Crippen molar-refractivity contribution in [2.24, 2.45) is 7.05 Å². The van der Waals surface area contributed by atoms with Crippen LogP contribution in [0.25, 0.3) is 27.9 Å². The number of carbonyl (C=O) groups excluding carboxylic acids is 2. The Labute approximate surface area is 250 Å². The maximum absolute atomic E-state index is 14.2. The van der Waals surface area contributed by atoms with E-state index in [-0.39, 0.29) is 18.5 Å². The number of piperidine rings is 1. The zero-order chi connectivity index (χ0) is 29.4. The van der Waals surface area contributed by atoms with Crippen LogP contribution in [0, 0.1) is 0 Å². The Morgan fingerprint density at radius 1 is 0.860 bits per heavy atom. The first kappa shape index (κ1) is 27.0. The fourth-order valence-electron chi connectivity index (χ4n) is 6.62. The molecule has 0 aliphatic carbocycles. The van der Waals surface area contributed by atoms with Gasteiger partial charge < -0.3 is 4.90 Å². The Balaban J connectivity index is 1.14. The maximum Gasteiger partial charge on any atom is 0.328 e. The third-order valence-electron chi connectivity index (χ3n) is 8.99. The van der Waals surface area contributed by atoms with Gasteiger partial charge in [-0.15, -0.1) is 5.10 Å². The van der Waals surface area contributed by atoms with Gasteiger partial charge in [0, 0.05) is 39.8 Å². The molecule has 5 aromatic rings. The molecule has 0 saturated carbocycles. The van der Waals surface area contributed by atoms with Gasteiger partial charge in [-0.2, -0.15) is 0 Å². The van der Waals surface area contributed by atoms with E-state index >= 15 is 0 Å². The Hall–Kier alpha value is -4.82. The minimum Gasteiger partial charge on any atom is -0.305 e. The highest BCUT2D eigenvalue weighted by Gasteiger charge is 2.57. The summed E-state index contributed by atoms with van der Waals surface area (Å²) in [5.41, 5.74) is 4.09. The number of nitrogens with zero attached hydrogens (tertiary/aromatic N) is 6. The first-order valence-corrected chi connectivity index (χ1v) is 14.8. The van der Waals surface area contributed by atoms with Gasteiger partial charge in [0.25, 0.3) is 5.91 Å². The maximum atomic E-state index is 14.2. The highest BCUT2D eigenvalue weighted by Crippen LogP contribution is 2.39. The summed E-state index contributed by atoms with van der Waals surface area (Å²) in [5.74, 6) is -0.0967. The van der Waals surface area contributed by atoms with E-state index in [0.717, 1.165) is 41.8 Å². The van der Waals surface area contributed by atoms with Crippen LogP contribution in [0.3, 0.4) is 0 Å². The molecule has 0 atom stereocenters. The van der Waals surface area contributed by atoms with Gasteiger partial charge in [-0.3, -0.25) is 14.6 Å². The highest BCUT2D eigenvalue weighted by molar-refractivity contribution is 6.07. The minimum absolute atomic E-state index is 0.0967. The molecule has 4 aromatic carbocycles. The number of amides is 3. The molecule has 3 amide bonds. The topological polar surface area (TPSA) is 74.6 Å². The molecule has 2 saturated heterocycles. The lowest BCUT2D eigenvalue weighted by Gasteiger charge is -2.42. The van der Waals surface area contributed by atoms with E-state index < -0.39 is 5.54 Å². The average Bonchev–Trinajstić information content (AvgIpc) is 3.49. The normalized spacial score (nSPS) is 17.3. The predicted molar refractivity (Wildman–Crippen MR) is 168 cm³/mol. The molecule has 8 heteroatoms. The number of rotatable bonds is 7. The fraction of sp³-hybridized carbons (Fsp3) is 0.257. The lowest BCUT2D eigenvalue weighted by Crippen LogP contribution is -2.56. The van der Waals surface area contributed by atoms with Crippen LogP contribution in [0.4, 0.5) is 4.79 Å². The lowest BCUT2D eigenvalue weighted by molar-refractivity contribution is -0.135. The van der Waals surface area contributed by atoms with E-state index in [1.165, 1.54) is 21.2 Å². The van der Waals surface area contributed by atoms with Crippen LogP contribution in [-0.4, -0.2) is 66.8 Å². The first-order chi connectivity index (χ1) is 21.0. The molecule has 0 radical (unpaired) electrons. The van der Waals surface area contributed by atoms with Gasteiger partial charge in [0.15, 0.2) is 0 Å². The van der Waals surface area contributed by atoms with Crippen molar-refractivity contribution >= 4 is 39.8 Å². The Kier molecular flexibility index (Phi) is 6.99. The Bertz CT molecular complexity index is 1830. The number of likely N-dealkylation sites (tertiary alicyclic amines) is 1. The largest absolute Gasteiger partial charge is 0.328 e. The predicted octanol–water partition coefficient (Wildman–Crippen LogP) is 5.63. The van der Waals surface area contributed by atoms with Crippen LogP contribution in [0.5, 0.6) is 0 Å². The second-order valence-electron chi connectivity index (χ2n) is 11.6. The van der Waals surface area contributed by atoms with Gasteiger partial charge in [0.1, 0.15) is 11.1 Å². The zero-order valence-electron chi connectivity index (χ0n) is 24.3. The van der Waals surface area contributed by atoms with Crippen molar-refractivity contribution in [3.63, 3.8) is 0 Å². The van der Waals surface area contributed by atoms with E-state index in [9.17, 15) is 9.59 Å². The smallest absolute Gasteiger partial charge is 0.305 e. The van der Waals surface area contributed by atoms with Crippen molar-refractivity contribution in [1.29, 1.82) is 0 Å². The van der Waals surface area contributed by atoms with Crippen LogP contribution >= 0.6 is 0 Å². The summed E-state index contributed by atoms with van der Waals surface area (Å²) in [6.45, 7) is 2.87. The van der Waals surface area contributed by atoms with Crippen molar-refractivity contribution in [3.05, 3.63) is 114 Å². The van der Waals surface area contributed by atoms with Gasteiger partial charge in [-0.05, 0) is 52.4 Å². The zero-order valence-corrected chi connectivity index (χ0v) is 24.3. The molecule has 0 unspecified atom stereocenters. The van der Waals surface area contributed by atoms with Crippen LogP contribution < -0.4 is 0 Å². The van der Waals surface area contributed by atoms with Crippen LogP contribution in [0.2, 0.25) is 0 Å². The van der Waals surface area contributed by atoms with Crippen molar-refractivity contribution in [3.8, 4) is 0 Å². The highest BCUT2D eigenvalue weighted by atomic mass is 16.2. The van der Waals surface area contributed by atoms with Crippen LogP contribution in [0.1, 0.15) is 29.5 Å². The number of fused-ring (bicyclic) bond motifs is 2. The number of hydrogen-bond donors (Lipinski definition) is 0. The Morgan fingerprint density at radius 2 is 1.63 bits per heavy atom. The third kappa shape index (κ3) is 4.97. The molecule has 2 aliphatic rings. The molecule has 2 aliphatic heterocycles. The van der Waals surface area contributed by atoms with Crippen LogP contribution in [0.15, 0.2) is 97.1 Å². The van der Waals surface area contributed by atoms with Gasteiger partial charge >= 0.3 is 6.03 Å². The molecule has 3 heterocycles. The summed E-state index contributed by atoms with van der Waals surface area (Å²) in [6.07, 6.45) is 5.05. The summed E-state index contributed by atoms with van der Waals surface area (Å²) in [4.78, 5) is 33.8. The van der Waals surface area contributed by atoms with E-state index in [1.54, 1.807) is 4.68 Å². The molecular weight excluding hydrogens is 536 g/mol. The third-order valence-corrected chi connectivity index (χ3v) is 8.99. The van der Waals surface area contributed by atoms with Crippen molar-refractivity contribution in [1.82, 2.24) is 29.7 Å². The quantitative estimate of drug-likeness (QED) is 0.237.